The molecule has 0 atom stereocenters. The van der Waals surface area contributed by atoms with Crippen molar-refractivity contribution in [2.24, 2.45) is 0 Å². The molecule has 0 spiro atoms. The van der Waals surface area contributed by atoms with E-state index in [1.807, 2.05) is 32.0 Å². The molecule has 26 heavy (non-hydrogen) atoms. The van der Waals surface area contributed by atoms with E-state index in [1.54, 1.807) is 0 Å². The van der Waals surface area contributed by atoms with Crippen LogP contribution in [-0.2, 0) is 0 Å². The third-order valence-electron chi connectivity index (χ3n) is 3.81. The smallest absolute Gasteiger partial charge is 0.210 e. The van der Waals surface area contributed by atoms with Gasteiger partial charge in [0, 0.05) is 5.69 Å². The van der Waals surface area contributed by atoms with Gasteiger partial charge in [-0.05, 0) is 49.2 Å². The van der Waals surface area contributed by atoms with Gasteiger partial charge >= 0.3 is 0 Å². The van der Waals surface area contributed by atoms with Gasteiger partial charge in [0.05, 0.1) is 11.3 Å². The minimum absolute atomic E-state index is 0.0432. The van der Waals surface area contributed by atoms with E-state index < -0.39 is 17.4 Å². The number of halogens is 2. The molecule has 1 N–H and O–H groups in total. The molecule has 0 saturated carbocycles. The molecular formula is C18H15F2N3OS2. The topological polar surface area (TPSA) is 54.9 Å². The number of aryl methyl sites for hydroxylation is 1. The lowest BCUT2D eigenvalue weighted by atomic mass is 10.1. The van der Waals surface area contributed by atoms with Crippen LogP contribution in [0.15, 0.2) is 40.7 Å². The van der Waals surface area contributed by atoms with Crippen molar-refractivity contribution >= 4 is 39.7 Å². The van der Waals surface area contributed by atoms with Crippen LogP contribution in [0.3, 0.4) is 0 Å². The zero-order valence-corrected chi connectivity index (χ0v) is 15.7. The van der Waals surface area contributed by atoms with Crippen LogP contribution in [0.4, 0.5) is 19.6 Å². The second-order valence-corrected chi connectivity index (χ2v) is 7.78. The zero-order valence-electron chi connectivity index (χ0n) is 14.0. The number of benzene rings is 2. The number of nitrogens with zero attached hydrogens (tertiary/aromatic N) is 2. The molecule has 4 nitrogen and oxygen atoms in total. The van der Waals surface area contributed by atoms with E-state index in [1.165, 1.54) is 11.3 Å². The van der Waals surface area contributed by atoms with Gasteiger partial charge in [0.1, 0.15) is 11.6 Å². The van der Waals surface area contributed by atoms with Crippen molar-refractivity contribution in [3.8, 4) is 0 Å². The molecule has 134 valence electrons. The van der Waals surface area contributed by atoms with Crippen molar-refractivity contribution in [3.05, 3.63) is 64.7 Å². The number of nitrogens with one attached hydrogen (secondary N) is 1. The van der Waals surface area contributed by atoms with E-state index in [-0.39, 0.29) is 11.3 Å². The lowest BCUT2D eigenvalue weighted by molar-refractivity contribution is 0.101. The standard InChI is InChI=1S/C18H15F2N3OS2/c1-10-4-3-5-15(11(10)2)21-17-22-23-18(26-17)25-9-16(24)13-8-12(19)6-7-14(13)20/h3-8H,9H2,1-2H3,(H,21,22). The summed E-state index contributed by atoms with van der Waals surface area (Å²) in [6.07, 6.45) is 0. The maximum absolute atomic E-state index is 13.6. The summed E-state index contributed by atoms with van der Waals surface area (Å²) < 4.78 is 27.4. The number of hydrogen-bond acceptors (Lipinski definition) is 6. The van der Waals surface area contributed by atoms with E-state index in [9.17, 15) is 13.6 Å². The van der Waals surface area contributed by atoms with Gasteiger partial charge in [0.15, 0.2) is 10.1 Å². The third kappa shape index (κ3) is 4.25. The van der Waals surface area contributed by atoms with Crippen LogP contribution in [0.2, 0.25) is 0 Å². The van der Waals surface area contributed by atoms with Crippen LogP contribution in [0.25, 0.3) is 0 Å². The molecule has 0 bridgehead atoms. The van der Waals surface area contributed by atoms with Gasteiger partial charge in [-0.3, -0.25) is 4.79 Å². The molecule has 0 aliphatic heterocycles. The highest BCUT2D eigenvalue weighted by atomic mass is 32.2. The Balaban J connectivity index is 1.64. The first kappa shape index (κ1) is 18.5. The maximum atomic E-state index is 13.6. The van der Waals surface area contributed by atoms with Crippen LogP contribution in [0.5, 0.6) is 0 Å². The lowest BCUT2D eigenvalue weighted by Crippen LogP contribution is -2.05. The number of rotatable bonds is 6. The second-order valence-electron chi connectivity index (χ2n) is 5.58. The van der Waals surface area contributed by atoms with E-state index in [0.717, 1.165) is 46.8 Å². The molecule has 0 aliphatic rings. The van der Waals surface area contributed by atoms with Crippen LogP contribution in [-0.4, -0.2) is 21.7 Å². The normalized spacial score (nSPS) is 10.8. The van der Waals surface area contributed by atoms with Crippen molar-refractivity contribution in [2.45, 2.75) is 18.2 Å². The number of thioether (sulfide) groups is 1. The molecule has 2 aromatic carbocycles. The fourth-order valence-corrected chi connectivity index (χ4v) is 3.88. The summed E-state index contributed by atoms with van der Waals surface area (Å²) in [5.41, 5.74) is 2.97. The van der Waals surface area contributed by atoms with Crippen molar-refractivity contribution < 1.29 is 13.6 Å². The van der Waals surface area contributed by atoms with Gasteiger partial charge in [-0.15, -0.1) is 10.2 Å². The third-order valence-corrected chi connectivity index (χ3v) is 5.78. The Bertz CT molecular complexity index is 959. The molecule has 0 radical (unpaired) electrons. The summed E-state index contributed by atoms with van der Waals surface area (Å²) in [4.78, 5) is 12.1. The average Bonchev–Trinajstić information content (AvgIpc) is 3.06. The summed E-state index contributed by atoms with van der Waals surface area (Å²) in [6, 6.07) is 8.77. The first-order valence-corrected chi connectivity index (χ1v) is 9.52. The number of hydrogen-bond donors (Lipinski definition) is 1. The Hall–Kier alpha value is -2.32. The quantitative estimate of drug-likeness (QED) is 0.465. The molecule has 0 aliphatic carbocycles. The first-order valence-electron chi connectivity index (χ1n) is 7.72. The number of carbonyl (C=O) groups is 1. The van der Waals surface area contributed by atoms with Crippen molar-refractivity contribution in [3.63, 3.8) is 0 Å². The largest absolute Gasteiger partial charge is 0.330 e. The van der Waals surface area contributed by atoms with Gasteiger partial charge in [-0.1, -0.05) is 35.2 Å². The predicted octanol–water partition coefficient (Wildman–Crippen LogP) is 5.15. The summed E-state index contributed by atoms with van der Waals surface area (Å²) in [5, 5.41) is 11.9. The van der Waals surface area contributed by atoms with Gasteiger partial charge < -0.3 is 5.32 Å². The van der Waals surface area contributed by atoms with Gasteiger partial charge in [0.25, 0.3) is 0 Å². The number of ketones is 1. The maximum Gasteiger partial charge on any atom is 0.210 e. The molecular weight excluding hydrogens is 376 g/mol. The molecule has 0 amide bonds. The summed E-state index contributed by atoms with van der Waals surface area (Å²) >= 11 is 2.44. The number of anilines is 2. The van der Waals surface area contributed by atoms with Crippen molar-refractivity contribution in [1.29, 1.82) is 0 Å². The first-order chi connectivity index (χ1) is 12.4. The second kappa shape index (κ2) is 7.92. The molecule has 3 aromatic rings. The summed E-state index contributed by atoms with van der Waals surface area (Å²) in [5.74, 6) is -1.91. The van der Waals surface area contributed by atoms with Crippen LogP contribution in [0, 0.1) is 25.5 Å². The highest BCUT2D eigenvalue weighted by Gasteiger charge is 2.15. The Morgan fingerprint density at radius 1 is 1.19 bits per heavy atom. The Morgan fingerprint density at radius 3 is 2.81 bits per heavy atom. The molecule has 1 heterocycles. The Morgan fingerprint density at radius 2 is 2.00 bits per heavy atom. The zero-order chi connectivity index (χ0) is 18.7. The fraction of sp³-hybridized carbons (Fsp3) is 0.167. The van der Waals surface area contributed by atoms with E-state index in [2.05, 4.69) is 15.5 Å². The molecule has 1 aromatic heterocycles. The average molecular weight is 391 g/mol. The van der Waals surface area contributed by atoms with Gasteiger partial charge in [-0.25, -0.2) is 8.78 Å². The van der Waals surface area contributed by atoms with Crippen LogP contribution >= 0.6 is 23.1 Å². The Kier molecular flexibility index (Phi) is 5.63. The highest BCUT2D eigenvalue weighted by molar-refractivity contribution is 8.01. The minimum Gasteiger partial charge on any atom is -0.330 e. The molecule has 8 heteroatoms. The highest BCUT2D eigenvalue weighted by Crippen LogP contribution is 2.30. The number of carbonyl (C=O) groups excluding carboxylic acids is 1. The van der Waals surface area contributed by atoms with Gasteiger partial charge in [-0.2, -0.15) is 0 Å². The van der Waals surface area contributed by atoms with Gasteiger partial charge in [0.2, 0.25) is 5.13 Å². The minimum atomic E-state index is -0.730. The number of Topliss-reactive ketones (excluding diaryl/α,β-unsaturated/α-hetero) is 1. The van der Waals surface area contributed by atoms with Crippen LogP contribution < -0.4 is 5.32 Å². The number of aromatic nitrogens is 2. The molecule has 0 unspecified atom stereocenters. The van der Waals surface area contributed by atoms with Crippen LogP contribution in [0.1, 0.15) is 21.5 Å². The van der Waals surface area contributed by atoms with Crippen molar-refractivity contribution in [1.82, 2.24) is 10.2 Å². The Labute approximate surface area is 157 Å². The monoisotopic (exact) mass is 391 g/mol. The lowest BCUT2D eigenvalue weighted by Gasteiger charge is -2.08. The molecule has 0 saturated heterocycles. The fourth-order valence-electron chi connectivity index (χ4n) is 2.24. The molecule has 0 fully saturated rings. The summed E-state index contributed by atoms with van der Waals surface area (Å²) in [7, 11) is 0. The van der Waals surface area contributed by atoms with Crippen molar-refractivity contribution in [2.75, 3.05) is 11.1 Å². The van der Waals surface area contributed by atoms with E-state index in [0.29, 0.717) is 9.47 Å². The SMILES string of the molecule is Cc1cccc(Nc2nnc(SCC(=O)c3cc(F)ccc3F)s2)c1C. The molecule has 3 rings (SSSR count). The summed E-state index contributed by atoms with van der Waals surface area (Å²) in [6.45, 7) is 4.04. The predicted molar refractivity (Wildman–Crippen MR) is 101 cm³/mol. The van der Waals surface area contributed by atoms with E-state index in [4.69, 9.17) is 0 Å². The van der Waals surface area contributed by atoms with E-state index >= 15 is 0 Å².